The predicted octanol–water partition coefficient (Wildman–Crippen LogP) is 1.18. The lowest BCUT2D eigenvalue weighted by molar-refractivity contribution is -0.134. The lowest BCUT2D eigenvalue weighted by atomic mass is 9.94. The van der Waals surface area contributed by atoms with Crippen LogP contribution >= 0.6 is 12.4 Å². The van der Waals surface area contributed by atoms with Crippen LogP contribution in [0.5, 0.6) is 0 Å². The molecule has 3 aliphatic rings. The molecule has 0 spiro atoms. The van der Waals surface area contributed by atoms with Crippen LogP contribution in [-0.2, 0) is 4.79 Å². The van der Waals surface area contributed by atoms with Crippen LogP contribution in [0.25, 0.3) is 0 Å². The largest absolute Gasteiger partial charge is 0.342 e. The normalized spacial score (nSPS) is 27.6. The number of carbonyl (C=O) groups is 1. The number of rotatable bonds is 4. The first-order valence-electron chi connectivity index (χ1n) is 9.17. The molecule has 0 radical (unpaired) electrons. The summed E-state index contributed by atoms with van der Waals surface area (Å²) in [4.78, 5) is 19.5. The quantitative estimate of drug-likeness (QED) is 0.831. The minimum atomic E-state index is 0. The Hall–Kier alpha value is -0.360. The summed E-state index contributed by atoms with van der Waals surface area (Å²) in [5, 5.41) is 3.45. The molecule has 1 saturated carbocycles. The van der Waals surface area contributed by atoms with Gasteiger partial charge in [-0.15, -0.1) is 12.4 Å². The molecule has 2 saturated heterocycles. The van der Waals surface area contributed by atoms with Crippen LogP contribution in [0, 0.1) is 0 Å². The van der Waals surface area contributed by atoms with Crippen molar-refractivity contribution < 1.29 is 4.79 Å². The summed E-state index contributed by atoms with van der Waals surface area (Å²) in [5.41, 5.74) is 0. The average molecular weight is 345 g/mol. The van der Waals surface area contributed by atoms with Crippen molar-refractivity contribution in [3.8, 4) is 0 Å². The molecule has 2 heterocycles. The molecule has 0 aromatic heterocycles. The second-order valence-corrected chi connectivity index (χ2v) is 7.26. The molecule has 23 heavy (non-hydrogen) atoms. The molecule has 3 fully saturated rings. The summed E-state index contributed by atoms with van der Waals surface area (Å²) in [6.07, 6.45) is 7.60. The van der Waals surface area contributed by atoms with E-state index in [4.69, 9.17) is 0 Å². The third kappa shape index (κ3) is 5.05. The third-order valence-corrected chi connectivity index (χ3v) is 5.83. The zero-order chi connectivity index (χ0) is 15.4. The van der Waals surface area contributed by atoms with E-state index in [0.717, 1.165) is 45.3 Å². The van der Waals surface area contributed by atoms with E-state index in [-0.39, 0.29) is 12.4 Å². The maximum Gasteiger partial charge on any atom is 0.236 e. The first-order valence-corrected chi connectivity index (χ1v) is 9.17. The van der Waals surface area contributed by atoms with Crippen molar-refractivity contribution >= 4 is 18.3 Å². The maximum absolute atomic E-state index is 12.5. The lowest BCUT2D eigenvalue weighted by Crippen LogP contribution is -2.53. The fraction of sp³-hybridized carbons (Fsp3) is 0.941. The summed E-state index contributed by atoms with van der Waals surface area (Å²) >= 11 is 0. The van der Waals surface area contributed by atoms with Gasteiger partial charge in [-0.25, -0.2) is 0 Å². The number of halogens is 1. The Bertz CT molecular complexity index is 362. The van der Waals surface area contributed by atoms with E-state index in [9.17, 15) is 4.79 Å². The highest BCUT2D eigenvalue weighted by atomic mass is 35.5. The highest BCUT2D eigenvalue weighted by molar-refractivity contribution is 5.85. The fourth-order valence-corrected chi connectivity index (χ4v) is 4.21. The van der Waals surface area contributed by atoms with Gasteiger partial charge < -0.3 is 10.2 Å². The fourth-order valence-electron chi connectivity index (χ4n) is 4.21. The zero-order valence-corrected chi connectivity index (χ0v) is 15.3. The standard InChI is InChI=1S/C17H32N4O.ClH/c1-19(15-5-3-2-4-6-15)17(22)14-20-9-11-21(12-10-20)16-7-8-18-13-16;/h15-16,18H,2-14H2,1H3;1H. The molecule has 0 bridgehead atoms. The SMILES string of the molecule is CN(C(=O)CN1CCN(C2CCNC2)CC1)C1CCCCC1.Cl. The molecule has 1 atom stereocenters. The molecule has 1 aliphatic carbocycles. The average Bonchev–Trinajstić information content (AvgIpc) is 3.10. The number of amides is 1. The van der Waals surface area contributed by atoms with E-state index in [1.165, 1.54) is 38.5 Å². The Morgan fingerprint density at radius 1 is 1.09 bits per heavy atom. The molecule has 3 rings (SSSR count). The number of carbonyl (C=O) groups excluding carboxylic acids is 1. The van der Waals surface area contributed by atoms with E-state index in [1.54, 1.807) is 0 Å². The van der Waals surface area contributed by atoms with E-state index in [0.29, 0.717) is 18.5 Å². The highest BCUT2D eigenvalue weighted by Gasteiger charge is 2.28. The summed E-state index contributed by atoms with van der Waals surface area (Å²) in [5.74, 6) is 0.322. The number of likely N-dealkylation sites (N-methyl/N-ethyl adjacent to an activating group) is 1. The maximum atomic E-state index is 12.5. The topological polar surface area (TPSA) is 38.8 Å². The van der Waals surface area contributed by atoms with Gasteiger partial charge in [-0.2, -0.15) is 0 Å². The van der Waals surface area contributed by atoms with Gasteiger partial charge in [-0.1, -0.05) is 19.3 Å². The number of nitrogens with zero attached hydrogens (tertiary/aromatic N) is 3. The van der Waals surface area contributed by atoms with Gasteiger partial charge in [0.25, 0.3) is 0 Å². The number of piperazine rings is 1. The molecule has 0 aromatic carbocycles. The molecular formula is C17H33ClN4O. The Labute approximate surface area is 147 Å². The van der Waals surface area contributed by atoms with Gasteiger partial charge in [-0.3, -0.25) is 14.6 Å². The summed E-state index contributed by atoms with van der Waals surface area (Å²) < 4.78 is 0. The second kappa shape index (κ2) is 9.21. The van der Waals surface area contributed by atoms with Crippen molar-refractivity contribution in [2.75, 3.05) is 52.9 Å². The first-order chi connectivity index (χ1) is 10.7. The van der Waals surface area contributed by atoms with Gasteiger partial charge in [0.1, 0.15) is 0 Å². The Balaban J connectivity index is 0.00000192. The minimum Gasteiger partial charge on any atom is -0.342 e. The minimum absolute atomic E-state index is 0. The molecule has 0 aromatic rings. The number of hydrogen-bond acceptors (Lipinski definition) is 4. The Kier molecular flexibility index (Phi) is 7.60. The zero-order valence-electron chi connectivity index (χ0n) is 14.5. The van der Waals surface area contributed by atoms with Gasteiger partial charge in [0.05, 0.1) is 6.54 Å². The van der Waals surface area contributed by atoms with Gasteiger partial charge >= 0.3 is 0 Å². The smallest absolute Gasteiger partial charge is 0.236 e. The van der Waals surface area contributed by atoms with Gasteiger partial charge in [0.2, 0.25) is 5.91 Å². The third-order valence-electron chi connectivity index (χ3n) is 5.83. The molecule has 6 heteroatoms. The van der Waals surface area contributed by atoms with Crippen LogP contribution in [0.1, 0.15) is 38.5 Å². The van der Waals surface area contributed by atoms with E-state index in [2.05, 4.69) is 15.1 Å². The van der Waals surface area contributed by atoms with Gasteiger partial charge in [0, 0.05) is 51.9 Å². The first kappa shape index (κ1) is 19.0. The van der Waals surface area contributed by atoms with E-state index >= 15 is 0 Å². The molecule has 1 N–H and O–H groups in total. The van der Waals surface area contributed by atoms with Crippen molar-refractivity contribution in [2.24, 2.45) is 0 Å². The van der Waals surface area contributed by atoms with Crippen LogP contribution in [-0.4, -0.2) is 85.6 Å². The van der Waals surface area contributed by atoms with Crippen LogP contribution in [0.3, 0.4) is 0 Å². The van der Waals surface area contributed by atoms with Gasteiger partial charge in [0.15, 0.2) is 0 Å². The molecule has 1 unspecified atom stereocenters. The van der Waals surface area contributed by atoms with Crippen LogP contribution in [0.2, 0.25) is 0 Å². The van der Waals surface area contributed by atoms with Crippen molar-refractivity contribution in [2.45, 2.75) is 50.6 Å². The van der Waals surface area contributed by atoms with Crippen LogP contribution in [0.15, 0.2) is 0 Å². The molecule has 134 valence electrons. The van der Waals surface area contributed by atoms with Crippen LogP contribution in [0.4, 0.5) is 0 Å². The molecule has 2 aliphatic heterocycles. The molecular weight excluding hydrogens is 312 g/mol. The highest BCUT2D eigenvalue weighted by Crippen LogP contribution is 2.22. The number of hydrogen-bond donors (Lipinski definition) is 1. The monoisotopic (exact) mass is 344 g/mol. The lowest BCUT2D eigenvalue weighted by Gasteiger charge is -2.39. The van der Waals surface area contributed by atoms with Crippen molar-refractivity contribution in [3.63, 3.8) is 0 Å². The summed E-state index contributed by atoms with van der Waals surface area (Å²) in [7, 11) is 2.01. The predicted molar refractivity (Wildman–Crippen MR) is 96.2 cm³/mol. The molecule has 1 amide bonds. The van der Waals surface area contributed by atoms with Crippen molar-refractivity contribution in [3.05, 3.63) is 0 Å². The second-order valence-electron chi connectivity index (χ2n) is 7.26. The van der Waals surface area contributed by atoms with E-state index in [1.807, 2.05) is 11.9 Å². The summed E-state index contributed by atoms with van der Waals surface area (Å²) in [6, 6.07) is 1.22. The van der Waals surface area contributed by atoms with E-state index < -0.39 is 0 Å². The van der Waals surface area contributed by atoms with Crippen molar-refractivity contribution in [1.29, 1.82) is 0 Å². The number of nitrogens with one attached hydrogen (secondary N) is 1. The van der Waals surface area contributed by atoms with Gasteiger partial charge in [-0.05, 0) is 25.8 Å². The Morgan fingerprint density at radius 3 is 2.39 bits per heavy atom. The molecule has 5 nitrogen and oxygen atoms in total. The van der Waals surface area contributed by atoms with Crippen molar-refractivity contribution in [1.82, 2.24) is 20.0 Å². The Morgan fingerprint density at radius 2 is 1.78 bits per heavy atom. The summed E-state index contributed by atoms with van der Waals surface area (Å²) in [6.45, 7) is 7.24. The van der Waals surface area contributed by atoms with Crippen LogP contribution < -0.4 is 5.32 Å².